The Morgan fingerprint density at radius 1 is 0.921 bits per heavy atom. The predicted octanol–water partition coefficient (Wildman–Crippen LogP) is 5.42. The first-order valence-corrected chi connectivity index (χ1v) is 12.4. The van der Waals surface area contributed by atoms with Crippen LogP contribution in [0.1, 0.15) is 41.8 Å². The van der Waals surface area contributed by atoms with Crippen LogP contribution in [0.15, 0.2) is 78.9 Å². The summed E-state index contributed by atoms with van der Waals surface area (Å²) in [5.41, 5.74) is 1.74. The standard InChI is InChI=1S/C30H34N2O6/c1-22(33)25-12-14-26(15-13-25)31-29(36)32(21-24-8-5-4-6-9-24)18-7-19-38-27-16-10-23(11-17-27)20-30(2,37-3)28(34)35/h4-6,8-17H,7,18-21H2,1-3H3,(H,31,36)(H,34,35). The number of amides is 2. The number of carbonyl (C=O) groups excluding carboxylic acids is 2. The van der Waals surface area contributed by atoms with Gasteiger partial charge >= 0.3 is 12.0 Å². The van der Waals surface area contributed by atoms with Crippen molar-refractivity contribution in [2.45, 2.75) is 38.8 Å². The Morgan fingerprint density at radius 2 is 1.58 bits per heavy atom. The molecule has 0 bridgehead atoms. The molecule has 8 heteroatoms. The molecule has 0 aliphatic heterocycles. The molecule has 1 unspecified atom stereocenters. The Bertz CT molecular complexity index is 1210. The molecule has 0 aliphatic carbocycles. The van der Waals surface area contributed by atoms with Crippen LogP contribution >= 0.6 is 0 Å². The number of anilines is 1. The largest absolute Gasteiger partial charge is 0.494 e. The molecule has 0 spiro atoms. The minimum Gasteiger partial charge on any atom is -0.494 e. The topological polar surface area (TPSA) is 105 Å². The van der Waals surface area contributed by atoms with Gasteiger partial charge in [-0.05, 0) is 67.8 Å². The number of carboxylic acid groups (broad SMARTS) is 1. The van der Waals surface area contributed by atoms with Crippen molar-refractivity contribution in [1.29, 1.82) is 0 Å². The lowest BCUT2D eigenvalue weighted by Crippen LogP contribution is -2.39. The summed E-state index contributed by atoms with van der Waals surface area (Å²) >= 11 is 0. The number of rotatable bonds is 13. The average Bonchev–Trinajstić information content (AvgIpc) is 2.92. The Labute approximate surface area is 223 Å². The van der Waals surface area contributed by atoms with Gasteiger partial charge in [0.1, 0.15) is 5.75 Å². The maximum Gasteiger partial charge on any atom is 0.336 e. The number of carboxylic acids is 1. The number of Topliss-reactive ketones (excluding diaryl/α,β-unsaturated/α-hetero) is 1. The van der Waals surface area contributed by atoms with E-state index in [1.807, 2.05) is 42.5 Å². The number of hydrogen-bond donors (Lipinski definition) is 2. The summed E-state index contributed by atoms with van der Waals surface area (Å²) in [4.78, 5) is 37.8. The van der Waals surface area contributed by atoms with Gasteiger partial charge in [-0.1, -0.05) is 42.5 Å². The van der Waals surface area contributed by atoms with Gasteiger partial charge in [0.25, 0.3) is 0 Å². The van der Waals surface area contributed by atoms with Gasteiger partial charge in [-0.3, -0.25) is 4.79 Å². The van der Waals surface area contributed by atoms with Crippen LogP contribution in [0.2, 0.25) is 0 Å². The smallest absolute Gasteiger partial charge is 0.336 e. The lowest BCUT2D eigenvalue weighted by molar-refractivity contribution is -0.159. The Balaban J connectivity index is 1.56. The molecule has 0 aliphatic rings. The fraction of sp³-hybridized carbons (Fsp3) is 0.300. The monoisotopic (exact) mass is 518 g/mol. The van der Waals surface area contributed by atoms with E-state index in [0.29, 0.717) is 43.1 Å². The molecule has 0 saturated heterocycles. The van der Waals surface area contributed by atoms with E-state index >= 15 is 0 Å². The zero-order valence-electron chi connectivity index (χ0n) is 22.0. The van der Waals surface area contributed by atoms with E-state index in [2.05, 4.69) is 5.32 Å². The number of nitrogens with one attached hydrogen (secondary N) is 1. The number of carbonyl (C=O) groups is 3. The molecule has 0 fully saturated rings. The first kappa shape index (κ1) is 28.4. The molecule has 38 heavy (non-hydrogen) atoms. The van der Waals surface area contributed by atoms with Crippen molar-refractivity contribution in [1.82, 2.24) is 4.90 Å². The Kier molecular flexibility index (Phi) is 10.0. The van der Waals surface area contributed by atoms with Gasteiger partial charge in [0.05, 0.1) is 6.61 Å². The quantitative estimate of drug-likeness (QED) is 0.231. The second-order valence-corrected chi connectivity index (χ2v) is 9.23. The first-order chi connectivity index (χ1) is 18.2. The van der Waals surface area contributed by atoms with Gasteiger partial charge in [0.15, 0.2) is 11.4 Å². The van der Waals surface area contributed by atoms with Gasteiger partial charge < -0.3 is 24.8 Å². The minimum atomic E-state index is -1.29. The van der Waals surface area contributed by atoms with Crippen LogP contribution in [0, 0.1) is 0 Å². The number of aliphatic carboxylic acids is 1. The highest BCUT2D eigenvalue weighted by Gasteiger charge is 2.33. The van der Waals surface area contributed by atoms with E-state index in [9.17, 15) is 19.5 Å². The van der Waals surface area contributed by atoms with Crippen molar-refractivity contribution >= 4 is 23.5 Å². The molecule has 200 valence electrons. The Hall–Kier alpha value is -4.17. The molecule has 2 amide bonds. The highest BCUT2D eigenvalue weighted by Crippen LogP contribution is 2.20. The van der Waals surface area contributed by atoms with Crippen LogP contribution in [0.25, 0.3) is 0 Å². The van der Waals surface area contributed by atoms with Crippen LogP contribution in [-0.2, 0) is 22.5 Å². The van der Waals surface area contributed by atoms with Crippen LogP contribution in [0.3, 0.4) is 0 Å². The third-order valence-electron chi connectivity index (χ3n) is 6.26. The molecular formula is C30H34N2O6. The number of methoxy groups -OCH3 is 1. The summed E-state index contributed by atoms with van der Waals surface area (Å²) in [5.74, 6) is -0.387. The van der Waals surface area contributed by atoms with E-state index in [1.165, 1.54) is 21.0 Å². The van der Waals surface area contributed by atoms with E-state index in [0.717, 1.165) is 11.1 Å². The normalized spacial score (nSPS) is 12.3. The van der Waals surface area contributed by atoms with Crippen molar-refractivity contribution in [2.75, 3.05) is 25.6 Å². The molecule has 3 aromatic carbocycles. The zero-order chi connectivity index (χ0) is 27.5. The number of ether oxygens (including phenoxy) is 2. The predicted molar refractivity (Wildman–Crippen MR) is 146 cm³/mol. The summed E-state index contributed by atoms with van der Waals surface area (Å²) in [6.07, 6.45) is 0.839. The molecule has 8 nitrogen and oxygen atoms in total. The van der Waals surface area contributed by atoms with E-state index in [4.69, 9.17) is 9.47 Å². The molecule has 0 heterocycles. The van der Waals surface area contributed by atoms with Gasteiger partial charge in [-0.15, -0.1) is 0 Å². The molecule has 3 aromatic rings. The van der Waals surface area contributed by atoms with E-state index in [-0.39, 0.29) is 18.2 Å². The molecule has 0 radical (unpaired) electrons. The van der Waals surface area contributed by atoms with Gasteiger partial charge in [0.2, 0.25) is 0 Å². The molecule has 0 saturated carbocycles. The molecular weight excluding hydrogens is 484 g/mol. The summed E-state index contributed by atoms with van der Waals surface area (Å²) in [6.45, 7) is 4.35. The van der Waals surface area contributed by atoms with Gasteiger partial charge in [-0.2, -0.15) is 0 Å². The van der Waals surface area contributed by atoms with Crippen molar-refractivity contribution in [2.24, 2.45) is 0 Å². The number of nitrogens with zero attached hydrogens (tertiary/aromatic N) is 1. The number of hydrogen-bond acceptors (Lipinski definition) is 5. The Morgan fingerprint density at radius 3 is 2.16 bits per heavy atom. The second-order valence-electron chi connectivity index (χ2n) is 9.23. The van der Waals surface area contributed by atoms with Crippen LogP contribution < -0.4 is 10.1 Å². The van der Waals surface area contributed by atoms with E-state index in [1.54, 1.807) is 41.3 Å². The van der Waals surface area contributed by atoms with Crippen LogP contribution in [-0.4, -0.2) is 53.7 Å². The van der Waals surface area contributed by atoms with Gasteiger partial charge in [-0.25, -0.2) is 9.59 Å². The summed E-state index contributed by atoms with van der Waals surface area (Å²) in [5, 5.41) is 12.3. The molecule has 2 N–H and O–H groups in total. The van der Waals surface area contributed by atoms with Crippen molar-refractivity contribution in [3.8, 4) is 5.75 Å². The van der Waals surface area contributed by atoms with Crippen LogP contribution in [0.5, 0.6) is 5.75 Å². The van der Waals surface area contributed by atoms with Gasteiger partial charge in [0, 0.05) is 37.9 Å². The van der Waals surface area contributed by atoms with Crippen molar-refractivity contribution in [3.05, 3.63) is 95.6 Å². The lowest BCUT2D eigenvalue weighted by atomic mass is 9.96. The summed E-state index contributed by atoms with van der Waals surface area (Å²) < 4.78 is 11.0. The molecule has 3 rings (SSSR count). The minimum absolute atomic E-state index is 0.0306. The second kappa shape index (κ2) is 13.4. The fourth-order valence-electron chi connectivity index (χ4n) is 3.82. The van der Waals surface area contributed by atoms with Crippen LogP contribution in [0.4, 0.5) is 10.5 Å². The zero-order valence-corrected chi connectivity index (χ0v) is 22.0. The number of ketones is 1. The lowest BCUT2D eigenvalue weighted by Gasteiger charge is -2.24. The highest BCUT2D eigenvalue weighted by atomic mass is 16.5. The maximum atomic E-state index is 13.1. The third-order valence-corrected chi connectivity index (χ3v) is 6.26. The fourth-order valence-corrected chi connectivity index (χ4v) is 3.82. The summed E-state index contributed by atoms with van der Waals surface area (Å²) in [7, 11) is 1.39. The third kappa shape index (κ3) is 8.18. The molecule has 1 atom stereocenters. The van der Waals surface area contributed by atoms with Crippen molar-refractivity contribution < 1.29 is 29.0 Å². The average molecular weight is 519 g/mol. The van der Waals surface area contributed by atoms with Crippen molar-refractivity contribution in [3.63, 3.8) is 0 Å². The number of urea groups is 1. The maximum absolute atomic E-state index is 13.1. The van der Waals surface area contributed by atoms with E-state index < -0.39 is 11.6 Å². The summed E-state index contributed by atoms with van der Waals surface area (Å²) in [6, 6.07) is 23.6. The molecule has 0 aromatic heterocycles. The number of benzene rings is 3. The first-order valence-electron chi connectivity index (χ1n) is 12.4. The highest BCUT2D eigenvalue weighted by molar-refractivity contribution is 5.95. The SMILES string of the molecule is COC(C)(Cc1ccc(OCCCN(Cc2ccccc2)C(=O)Nc2ccc(C(C)=O)cc2)cc1)C(=O)O.